The summed E-state index contributed by atoms with van der Waals surface area (Å²) in [4.78, 5) is 11.5. The molecule has 0 fully saturated rings. The van der Waals surface area contributed by atoms with Crippen LogP contribution in [0.3, 0.4) is 0 Å². The molecular weight excluding hydrogens is 220 g/mol. The molecule has 0 unspecified atom stereocenters. The molecule has 0 aliphatic carbocycles. The van der Waals surface area contributed by atoms with Crippen molar-refractivity contribution in [2.75, 3.05) is 26.9 Å². The number of methoxy groups -OCH3 is 1. The highest BCUT2D eigenvalue weighted by molar-refractivity contribution is 5.81. The second-order valence-electron chi connectivity index (χ2n) is 4.14. The quantitative estimate of drug-likeness (QED) is 0.641. The maximum atomic E-state index is 11.5. The van der Waals surface area contributed by atoms with Gasteiger partial charge in [0.25, 0.3) is 0 Å². The predicted octanol–water partition coefficient (Wildman–Crippen LogP) is 1.24. The van der Waals surface area contributed by atoms with E-state index in [0.717, 1.165) is 5.69 Å². The van der Waals surface area contributed by atoms with E-state index in [1.165, 1.54) is 0 Å². The Labute approximate surface area is 102 Å². The van der Waals surface area contributed by atoms with Crippen molar-refractivity contribution in [1.29, 1.82) is 0 Å². The van der Waals surface area contributed by atoms with Crippen LogP contribution in [0.1, 0.15) is 25.6 Å². The number of Topliss-reactive ketones (excluding diaryl/α,β-unsaturated/α-hetero) is 1. The molecule has 5 heteroatoms. The smallest absolute Gasteiger partial charge is 0.164 e. The fourth-order valence-corrected chi connectivity index (χ4v) is 1.34. The number of ketones is 1. The number of aromatic nitrogens is 2. The molecule has 5 nitrogen and oxygen atoms in total. The Morgan fingerprint density at radius 3 is 2.82 bits per heavy atom. The average Bonchev–Trinajstić information content (AvgIpc) is 2.73. The van der Waals surface area contributed by atoms with Crippen LogP contribution in [0.2, 0.25) is 0 Å². The molecule has 0 spiro atoms. The lowest BCUT2D eigenvalue weighted by Gasteiger charge is -2.04. The average molecular weight is 240 g/mol. The molecule has 0 N–H and O–H groups in total. The Balaban J connectivity index is 2.29. The van der Waals surface area contributed by atoms with E-state index in [0.29, 0.717) is 25.7 Å². The number of hydrogen-bond donors (Lipinski definition) is 0. The van der Waals surface area contributed by atoms with Crippen molar-refractivity contribution in [3.05, 3.63) is 18.0 Å². The molecule has 0 atom stereocenters. The summed E-state index contributed by atoms with van der Waals surface area (Å²) in [5.74, 6) is 0.0371. The van der Waals surface area contributed by atoms with Crippen LogP contribution in [0.4, 0.5) is 0 Å². The first-order chi connectivity index (χ1) is 8.13. The summed E-state index contributed by atoms with van der Waals surface area (Å²) in [6.45, 7) is 5.18. The molecule has 0 amide bonds. The van der Waals surface area contributed by atoms with Gasteiger partial charge in [0, 0.05) is 19.3 Å². The van der Waals surface area contributed by atoms with Crippen molar-refractivity contribution < 1.29 is 14.3 Å². The van der Waals surface area contributed by atoms with E-state index in [-0.39, 0.29) is 12.4 Å². The summed E-state index contributed by atoms with van der Waals surface area (Å²) < 4.78 is 11.8. The lowest BCUT2D eigenvalue weighted by Crippen LogP contribution is -2.14. The molecule has 0 aliphatic heterocycles. The molecule has 0 saturated carbocycles. The van der Waals surface area contributed by atoms with Gasteiger partial charge in [0.2, 0.25) is 0 Å². The second kappa shape index (κ2) is 7.19. The van der Waals surface area contributed by atoms with Crippen LogP contribution >= 0.6 is 0 Å². The lowest BCUT2D eigenvalue weighted by atomic mass is 10.2. The summed E-state index contributed by atoms with van der Waals surface area (Å²) >= 11 is 0. The topological polar surface area (TPSA) is 53.4 Å². The minimum atomic E-state index is 0.0371. The van der Waals surface area contributed by atoms with Crippen molar-refractivity contribution >= 4 is 5.78 Å². The van der Waals surface area contributed by atoms with Gasteiger partial charge in [0.1, 0.15) is 6.61 Å². The molecule has 1 heterocycles. The van der Waals surface area contributed by atoms with Crippen LogP contribution in [-0.2, 0) is 20.7 Å². The van der Waals surface area contributed by atoms with Gasteiger partial charge in [-0.2, -0.15) is 5.10 Å². The van der Waals surface area contributed by atoms with Crippen LogP contribution in [0.5, 0.6) is 0 Å². The third kappa shape index (κ3) is 5.10. The predicted molar refractivity (Wildman–Crippen MR) is 64.0 cm³/mol. The zero-order valence-electron chi connectivity index (χ0n) is 10.7. The maximum absolute atomic E-state index is 11.5. The van der Waals surface area contributed by atoms with Crippen LogP contribution in [-0.4, -0.2) is 42.5 Å². The molecule has 1 aromatic rings. The van der Waals surface area contributed by atoms with Crippen molar-refractivity contribution in [2.24, 2.45) is 0 Å². The Bertz CT molecular complexity index is 347. The standard InChI is InChI=1S/C12H20N2O3/c1-10(2)14-5-4-11(13-14)8-12(15)9-17-7-6-16-3/h4-5,10H,6-9H2,1-3H3. The summed E-state index contributed by atoms with van der Waals surface area (Å²) in [5, 5.41) is 4.31. The number of carbonyl (C=O) groups is 1. The van der Waals surface area contributed by atoms with E-state index in [4.69, 9.17) is 9.47 Å². The van der Waals surface area contributed by atoms with Crippen LogP contribution in [0.25, 0.3) is 0 Å². The monoisotopic (exact) mass is 240 g/mol. The normalized spacial score (nSPS) is 11.1. The third-order valence-corrected chi connectivity index (χ3v) is 2.27. The minimum Gasteiger partial charge on any atom is -0.382 e. The van der Waals surface area contributed by atoms with E-state index in [2.05, 4.69) is 5.10 Å². The van der Waals surface area contributed by atoms with Crippen molar-refractivity contribution in [3.8, 4) is 0 Å². The fraction of sp³-hybridized carbons (Fsp3) is 0.667. The van der Waals surface area contributed by atoms with Gasteiger partial charge < -0.3 is 9.47 Å². The van der Waals surface area contributed by atoms with E-state index < -0.39 is 0 Å². The molecule has 0 aromatic carbocycles. The van der Waals surface area contributed by atoms with E-state index in [9.17, 15) is 4.79 Å². The van der Waals surface area contributed by atoms with Gasteiger partial charge in [-0.1, -0.05) is 0 Å². The number of rotatable bonds is 8. The van der Waals surface area contributed by atoms with Gasteiger partial charge in [0.05, 0.1) is 25.3 Å². The van der Waals surface area contributed by atoms with Crippen LogP contribution in [0.15, 0.2) is 12.3 Å². The molecule has 1 aromatic heterocycles. The highest BCUT2D eigenvalue weighted by atomic mass is 16.5. The Kier molecular flexibility index (Phi) is 5.86. The Morgan fingerprint density at radius 2 is 2.24 bits per heavy atom. The molecule has 96 valence electrons. The van der Waals surface area contributed by atoms with Crippen molar-refractivity contribution in [2.45, 2.75) is 26.3 Å². The van der Waals surface area contributed by atoms with Gasteiger partial charge in [-0.05, 0) is 19.9 Å². The first-order valence-corrected chi connectivity index (χ1v) is 5.76. The maximum Gasteiger partial charge on any atom is 0.164 e. The van der Waals surface area contributed by atoms with Gasteiger partial charge in [-0.15, -0.1) is 0 Å². The van der Waals surface area contributed by atoms with Crippen molar-refractivity contribution in [1.82, 2.24) is 9.78 Å². The van der Waals surface area contributed by atoms with Gasteiger partial charge >= 0.3 is 0 Å². The van der Waals surface area contributed by atoms with E-state index >= 15 is 0 Å². The Hall–Kier alpha value is -1.20. The molecule has 0 saturated heterocycles. The van der Waals surface area contributed by atoms with Gasteiger partial charge in [-0.25, -0.2) is 0 Å². The van der Waals surface area contributed by atoms with Crippen LogP contribution in [0, 0.1) is 0 Å². The number of ether oxygens (including phenoxy) is 2. The summed E-state index contributed by atoms with van der Waals surface area (Å²) in [6, 6.07) is 2.18. The van der Waals surface area contributed by atoms with Crippen LogP contribution < -0.4 is 0 Å². The number of hydrogen-bond acceptors (Lipinski definition) is 4. The van der Waals surface area contributed by atoms with Gasteiger partial charge in [0.15, 0.2) is 5.78 Å². The first-order valence-electron chi connectivity index (χ1n) is 5.76. The molecule has 0 radical (unpaired) electrons. The zero-order chi connectivity index (χ0) is 12.7. The second-order valence-corrected chi connectivity index (χ2v) is 4.14. The molecular formula is C12H20N2O3. The SMILES string of the molecule is COCCOCC(=O)Cc1ccn(C(C)C)n1. The molecule has 0 bridgehead atoms. The fourth-order valence-electron chi connectivity index (χ4n) is 1.34. The molecule has 1 rings (SSSR count). The van der Waals surface area contributed by atoms with E-state index in [1.54, 1.807) is 7.11 Å². The third-order valence-electron chi connectivity index (χ3n) is 2.27. The summed E-state index contributed by atoms with van der Waals surface area (Å²) in [6.07, 6.45) is 2.21. The number of nitrogens with zero attached hydrogens (tertiary/aromatic N) is 2. The number of carbonyl (C=O) groups excluding carboxylic acids is 1. The first kappa shape index (κ1) is 13.9. The molecule has 17 heavy (non-hydrogen) atoms. The largest absolute Gasteiger partial charge is 0.382 e. The minimum absolute atomic E-state index is 0.0371. The highest BCUT2D eigenvalue weighted by Gasteiger charge is 2.07. The molecule has 0 aliphatic rings. The van der Waals surface area contributed by atoms with E-state index in [1.807, 2.05) is 30.8 Å². The summed E-state index contributed by atoms with van der Waals surface area (Å²) in [7, 11) is 1.60. The van der Waals surface area contributed by atoms with Crippen molar-refractivity contribution in [3.63, 3.8) is 0 Å². The summed E-state index contributed by atoms with van der Waals surface area (Å²) in [5.41, 5.74) is 0.791. The zero-order valence-corrected chi connectivity index (χ0v) is 10.7. The lowest BCUT2D eigenvalue weighted by molar-refractivity contribution is -0.123. The Morgan fingerprint density at radius 1 is 1.47 bits per heavy atom. The highest BCUT2D eigenvalue weighted by Crippen LogP contribution is 2.05. The van der Waals surface area contributed by atoms with Gasteiger partial charge in [-0.3, -0.25) is 9.48 Å².